The molecular weight excluding hydrogens is 380 g/mol. The van der Waals surface area contributed by atoms with Gasteiger partial charge in [0.2, 0.25) is 10.0 Å². The molecule has 10 heteroatoms. The van der Waals surface area contributed by atoms with Crippen molar-refractivity contribution in [3.8, 4) is 0 Å². The number of imide groups is 1. The Bertz CT molecular complexity index is 879. The summed E-state index contributed by atoms with van der Waals surface area (Å²) in [7, 11) is -3.90. The minimum Gasteiger partial charge on any atom is -0.454 e. The lowest BCUT2D eigenvalue weighted by atomic mass is 10.4. The molecule has 0 saturated heterocycles. The van der Waals surface area contributed by atoms with Gasteiger partial charge in [-0.15, -0.1) is 11.3 Å². The van der Waals surface area contributed by atoms with Gasteiger partial charge in [-0.05, 0) is 30.5 Å². The number of rotatable bonds is 7. The van der Waals surface area contributed by atoms with Gasteiger partial charge in [0.15, 0.2) is 6.61 Å². The predicted molar refractivity (Wildman–Crippen MR) is 94.0 cm³/mol. The van der Waals surface area contributed by atoms with Crippen LogP contribution in [0.3, 0.4) is 0 Å². The molecule has 0 fully saturated rings. The monoisotopic (exact) mass is 396 g/mol. The van der Waals surface area contributed by atoms with Crippen LogP contribution >= 0.6 is 11.3 Å². The van der Waals surface area contributed by atoms with Crippen molar-refractivity contribution in [2.24, 2.45) is 0 Å². The molecule has 138 valence electrons. The summed E-state index contributed by atoms with van der Waals surface area (Å²) < 4.78 is 31.1. The number of carbonyl (C=O) groups excluding carboxylic acids is 3. The maximum atomic E-state index is 12.1. The lowest BCUT2D eigenvalue weighted by molar-refractivity contribution is -0.149. The zero-order chi connectivity index (χ0) is 19.2. The molecule has 0 saturated carbocycles. The van der Waals surface area contributed by atoms with E-state index in [0.29, 0.717) is 4.88 Å². The van der Waals surface area contributed by atoms with Gasteiger partial charge in [-0.2, -0.15) is 4.72 Å². The number of hydrogen-bond acceptors (Lipinski definition) is 7. The summed E-state index contributed by atoms with van der Waals surface area (Å²) in [6.07, 6.45) is 0. The van der Waals surface area contributed by atoms with Gasteiger partial charge in [-0.3, -0.25) is 19.7 Å². The number of hydrogen-bond donors (Lipinski definition) is 2. The van der Waals surface area contributed by atoms with E-state index in [1.165, 1.54) is 19.1 Å². The highest BCUT2D eigenvalue weighted by Gasteiger charge is 2.23. The van der Waals surface area contributed by atoms with Crippen LogP contribution in [-0.4, -0.2) is 38.9 Å². The highest BCUT2D eigenvalue weighted by atomic mass is 32.2. The second-order valence-corrected chi connectivity index (χ2v) is 7.78. The Balaban J connectivity index is 1.83. The predicted octanol–water partition coefficient (Wildman–Crippen LogP) is 0.915. The maximum Gasteiger partial charge on any atom is 0.324 e. The fourth-order valence-corrected chi connectivity index (χ4v) is 3.67. The lowest BCUT2D eigenvalue weighted by Gasteiger charge is -2.13. The van der Waals surface area contributed by atoms with E-state index in [-0.39, 0.29) is 4.90 Å². The van der Waals surface area contributed by atoms with Gasteiger partial charge in [-0.25, -0.2) is 8.42 Å². The van der Waals surface area contributed by atoms with E-state index in [0.717, 1.165) is 11.3 Å². The Hall–Kier alpha value is -2.56. The normalized spacial score (nSPS) is 12.2. The summed E-state index contributed by atoms with van der Waals surface area (Å²) in [5.41, 5.74) is 0. The van der Waals surface area contributed by atoms with Crippen LogP contribution in [0.1, 0.15) is 16.6 Å². The highest BCUT2D eigenvalue weighted by molar-refractivity contribution is 7.89. The standard InChI is InChI=1S/C16H16N2O6S2/c1-11(18-26(22,23)12-6-3-2-4-7-12)16(21)24-10-14(19)17-15(20)13-8-5-9-25-13/h2-9,11,18H,10H2,1H3,(H,17,19,20). The largest absolute Gasteiger partial charge is 0.454 e. The molecule has 1 aromatic carbocycles. The Morgan fingerprint density at radius 1 is 1.12 bits per heavy atom. The third-order valence-corrected chi connectivity index (χ3v) is 5.51. The molecular formula is C16H16N2O6S2. The number of carbonyl (C=O) groups is 3. The molecule has 1 aromatic heterocycles. The SMILES string of the molecule is CC(NS(=O)(=O)c1ccccc1)C(=O)OCC(=O)NC(=O)c1cccs1. The van der Waals surface area contributed by atoms with Gasteiger partial charge in [0.25, 0.3) is 11.8 Å². The van der Waals surface area contributed by atoms with Crippen molar-refractivity contribution >= 4 is 39.1 Å². The molecule has 2 amide bonds. The Morgan fingerprint density at radius 3 is 2.42 bits per heavy atom. The number of nitrogens with one attached hydrogen (secondary N) is 2. The van der Waals surface area contributed by atoms with Crippen molar-refractivity contribution in [1.29, 1.82) is 0 Å². The van der Waals surface area contributed by atoms with Crippen LogP contribution in [0.5, 0.6) is 0 Å². The van der Waals surface area contributed by atoms with E-state index in [1.807, 2.05) is 0 Å². The molecule has 1 unspecified atom stereocenters. The van der Waals surface area contributed by atoms with Gasteiger partial charge in [0.1, 0.15) is 6.04 Å². The van der Waals surface area contributed by atoms with Crippen LogP contribution in [-0.2, 0) is 24.3 Å². The van der Waals surface area contributed by atoms with Crippen molar-refractivity contribution in [1.82, 2.24) is 10.0 Å². The van der Waals surface area contributed by atoms with E-state index in [1.54, 1.807) is 35.7 Å². The fraction of sp³-hybridized carbons (Fsp3) is 0.188. The molecule has 1 heterocycles. The maximum absolute atomic E-state index is 12.1. The van der Waals surface area contributed by atoms with Crippen LogP contribution in [0.2, 0.25) is 0 Å². The molecule has 1 atom stereocenters. The van der Waals surface area contributed by atoms with E-state index in [2.05, 4.69) is 10.0 Å². The zero-order valence-electron chi connectivity index (χ0n) is 13.7. The van der Waals surface area contributed by atoms with Crippen LogP contribution in [0, 0.1) is 0 Å². The average Bonchev–Trinajstić information content (AvgIpc) is 3.15. The molecule has 0 aliphatic rings. The first-order valence-electron chi connectivity index (χ1n) is 7.41. The molecule has 0 radical (unpaired) electrons. The summed E-state index contributed by atoms with van der Waals surface area (Å²) >= 11 is 1.16. The van der Waals surface area contributed by atoms with Crippen LogP contribution in [0.4, 0.5) is 0 Å². The quantitative estimate of drug-likeness (QED) is 0.672. The second kappa shape index (κ2) is 8.70. The number of benzene rings is 1. The van der Waals surface area contributed by atoms with Gasteiger partial charge in [-0.1, -0.05) is 24.3 Å². The molecule has 0 aliphatic heterocycles. The number of sulfonamides is 1. The smallest absolute Gasteiger partial charge is 0.324 e. The first kappa shape index (κ1) is 19.8. The Labute approximate surface area is 154 Å². The van der Waals surface area contributed by atoms with Crippen molar-refractivity contribution < 1.29 is 27.5 Å². The summed E-state index contributed by atoms with van der Waals surface area (Å²) in [6.45, 7) is 0.588. The van der Waals surface area contributed by atoms with Gasteiger partial charge in [0, 0.05) is 0 Å². The van der Waals surface area contributed by atoms with Crippen molar-refractivity contribution in [3.63, 3.8) is 0 Å². The van der Waals surface area contributed by atoms with E-state index >= 15 is 0 Å². The summed E-state index contributed by atoms with van der Waals surface area (Å²) in [5.74, 6) is -2.35. The minimum atomic E-state index is -3.90. The van der Waals surface area contributed by atoms with Crippen LogP contribution in [0.15, 0.2) is 52.7 Å². The highest BCUT2D eigenvalue weighted by Crippen LogP contribution is 2.09. The number of ether oxygens (including phenoxy) is 1. The first-order valence-corrected chi connectivity index (χ1v) is 9.77. The molecule has 2 N–H and O–H groups in total. The van der Waals surface area contributed by atoms with Crippen molar-refractivity contribution in [2.45, 2.75) is 17.9 Å². The van der Waals surface area contributed by atoms with E-state index in [9.17, 15) is 22.8 Å². The van der Waals surface area contributed by atoms with E-state index in [4.69, 9.17) is 4.74 Å². The summed E-state index contributed by atoms with van der Waals surface area (Å²) in [6, 6.07) is 9.51. The van der Waals surface area contributed by atoms with Crippen LogP contribution < -0.4 is 10.0 Å². The minimum absolute atomic E-state index is 0.000984. The summed E-state index contributed by atoms with van der Waals surface area (Å²) in [5, 5.41) is 3.75. The lowest BCUT2D eigenvalue weighted by Crippen LogP contribution is -2.41. The molecule has 0 bridgehead atoms. The molecule has 0 spiro atoms. The van der Waals surface area contributed by atoms with Gasteiger partial charge < -0.3 is 4.74 Å². The third kappa shape index (κ3) is 5.48. The fourth-order valence-electron chi connectivity index (χ4n) is 1.84. The second-order valence-electron chi connectivity index (χ2n) is 5.12. The number of amides is 2. The van der Waals surface area contributed by atoms with Crippen molar-refractivity contribution in [3.05, 3.63) is 52.7 Å². The van der Waals surface area contributed by atoms with E-state index < -0.39 is 40.5 Å². The number of thiophene rings is 1. The first-order chi connectivity index (χ1) is 12.3. The molecule has 0 aliphatic carbocycles. The van der Waals surface area contributed by atoms with Gasteiger partial charge >= 0.3 is 5.97 Å². The molecule has 8 nitrogen and oxygen atoms in total. The van der Waals surface area contributed by atoms with Gasteiger partial charge in [0.05, 0.1) is 9.77 Å². The average molecular weight is 396 g/mol. The molecule has 2 rings (SSSR count). The third-order valence-electron chi connectivity index (χ3n) is 3.08. The zero-order valence-corrected chi connectivity index (χ0v) is 15.3. The number of esters is 1. The topological polar surface area (TPSA) is 119 Å². The summed E-state index contributed by atoms with van der Waals surface area (Å²) in [4.78, 5) is 35.5. The molecule has 2 aromatic rings. The van der Waals surface area contributed by atoms with Crippen LogP contribution in [0.25, 0.3) is 0 Å². The Kier molecular flexibility index (Phi) is 6.61. The molecule has 26 heavy (non-hydrogen) atoms. The van der Waals surface area contributed by atoms with Crippen molar-refractivity contribution in [2.75, 3.05) is 6.61 Å². The Morgan fingerprint density at radius 2 is 1.81 bits per heavy atom.